The molecule has 146 valence electrons. The number of benzene rings is 2. The SMILES string of the molecule is O=C1N/C(=C\c2cc(Br)c(Sc3ccccc3)o2)C(=O)N1Cc1ccc(Cl)cc1. The number of imide groups is 1. The van der Waals surface area contributed by atoms with E-state index in [0.717, 1.165) is 19.8 Å². The Bertz CT molecular complexity index is 1100. The van der Waals surface area contributed by atoms with Gasteiger partial charge in [0, 0.05) is 16.0 Å². The van der Waals surface area contributed by atoms with Gasteiger partial charge in [0.15, 0.2) is 5.09 Å². The van der Waals surface area contributed by atoms with Crippen molar-refractivity contribution in [3.05, 3.63) is 87.2 Å². The Morgan fingerprint density at radius 3 is 2.55 bits per heavy atom. The van der Waals surface area contributed by atoms with Gasteiger partial charge >= 0.3 is 6.03 Å². The van der Waals surface area contributed by atoms with Gasteiger partial charge in [-0.1, -0.05) is 53.7 Å². The lowest BCUT2D eigenvalue weighted by molar-refractivity contribution is -0.123. The van der Waals surface area contributed by atoms with Crippen molar-refractivity contribution in [3.8, 4) is 0 Å². The lowest BCUT2D eigenvalue weighted by atomic mass is 10.2. The van der Waals surface area contributed by atoms with Gasteiger partial charge in [0.1, 0.15) is 11.5 Å². The zero-order chi connectivity index (χ0) is 20.4. The molecule has 1 saturated heterocycles. The topological polar surface area (TPSA) is 62.6 Å². The van der Waals surface area contributed by atoms with E-state index >= 15 is 0 Å². The molecule has 1 N–H and O–H groups in total. The fourth-order valence-electron chi connectivity index (χ4n) is 2.74. The average Bonchev–Trinajstić information content (AvgIpc) is 3.18. The molecule has 29 heavy (non-hydrogen) atoms. The van der Waals surface area contributed by atoms with E-state index in [4.69, 9.17) is 16.0 Å². The number of rotatable bonds is 5. The van der Waals surface area contributed by atoms with E-state index in [9.17, 15) is 9.59 Å². The highest BCUT2D eigenvalue weighted by Gasteiger charge is 2.33. The molecule has 2 aromatic carbocycles. The summed E-state index contributed by atoms with van der Waals surface area (Å²) in [5, 5.41) is 3.86. The van der Waals surface area contributed by atoms with Gasteiger partial charge in [0.25, 0.3) is 5.91 Å². The van der Waals surface area contributed by atoms with Gasteiger partial charge in [0.05, 0.1) is 11.0 Å². The van der Waals surface area contributed by atoms with E-state index in [1.54, 1.807) is 30.3 Å². The van der Waals surface area contributed by atoms with Crippen molar-refractivity contribution < 1.29 is 14.0 Å². The van der Waals surface area contributed by atoms with E-state index in [0.29, 0.717) is 15.9 Å². The third-order valence-electron chi connectivity index (χ3n) is 4.13. The Kier molecular flexibility index (Phi) is 5.80. The van der Waals surface area contributed by atoms with Crippen molar-refractivity contribution in [1.82, 2.24) is 10.2 Å². The molecule has 2 heterocycles. The van der Waals surface area contributed by atoms with Crippen LogP contribution in [0.3, 0.4) is 0 Å². The van der Waals surface area contributed by atoms with Crippen LogP contribution in [-0.2, 0) is 11.3 Å². The van der Waals surface area contributed by atoms with Gasteiger partial charge in [-0.25, -0.2) is 4.79 Å². The number of carbonyl (C=O) groups is 2. The quantitative estimate of drug-likeness (QED) is 0.356. The monoisotopic (exact) mass is 488 g/mol. The minimum absolute atomic E-state index is 0.163. The van der Waals surface area contributed by atoms with Crippen LogP contribution in [0.4, 0.5) is 4.79 Å². The number of hydrogen-bond donors (Lipinski definition) is 1. The van der Waals surface area contributed by atoms with Crippen LogP contribution in [0.2, 0.25) is 5.02 Å². The third kappa shape index (κ3) is 4.58. The summed E-state index contributed by atoms with van der Waals surface area (Å²) in [4.78, 5) is 27.1. The Labute approximate surface area is 184 Å². The van der Waals surface area contributed by atoms with Crippen LogP contribution in [-0.4, -0.2) is 16.8 Å². The molecule has 0 radical (unpaired) electrons. The Morgan fingerprint density at radius 2 is 1.83 bits per heavy atom. The molecule has 0 unspecified atom stereocenters. The molecule has 3 amide bonds. The summed E-state index contributed by atoms with van der Waals surface area (Å²) < 4.78 is 6.60. The van der Waals surface area contributed by atoms with E-state index in [-0.39, 0.29) is 12.2 Å². The Hall–Kier alpha value is -2.48. The van der Waals surface area contributed by atoms with Crippen molar-refractivity contribution in [2.75, 3.05) is 0 Å². The second-order valence-electron chi connectivity index (χ2n) is 6.21. The number of carbonyl (C=O) groups excluding carboxylic acids is 2. The predicted molar refractivity (Wildman–Crippen MR) is 115 cm³/mol. The molecular weight excluding hydrogens is 476 g/mol. The maximum atomic E-state index is 12.7. The lowest BCUT2D eigenvalue weighted by Gasteiger charge is -2.11. The zero-order valence-electron chi connectivity index (χ0n) is 14.9. The second kappa shape index (κ2) is 8.49. The molecule has 0 saturated carbocycles. The fourth-order valence-corrected chi connectivity index (χ4v) is 4.21. The summed E-state index contributed by atoms with van der Waals surface area (Å²) in [5.74, 6) is 0.0574. The highest BCUT2D eigenvalue weighted by molar-refractivity contribution is 9.10. The molecule has 1 fully saturated rings. The zero-order valence-corrected chi connectivity index (χ0v) is 18.1. The van der Waals surface area contributed by atoms with Crippen molar-refractivity contribution >= 4 is 57.3 Å². The first-order valence-corrected chi connectivity index (χ1v) is 10.6. The standard InChI is InChI=1S/C21H14BrClN2O3S/c22-17-10-15(28-20(17)29-16-4-2-1-3-5-16)11-18-19(26)25(21(27)24-18)12-13-6-8-14(23)9-7-13/h1-11H,12H2,(H,24,27)/b18-11-. The minimum Gasteiger partial charge on any atom is -0.449 e. The van der Waals surface area contributed by atoms with Gasteiger partial charge in [-0.2, -0.15) is 0 Å². The summed E-state index contributed by atoms with van der Waals surface area (Å²) in [5.41, 5.74) is 0.975. The largest absolute Gasteiger partial charge is 0.449 e. The van der Waals surface area contributed by atoms with Crippen LogP contribution in [0.5, 0.6) is 0 Å². The maximum Gasteiger partial charge on any atom is 0.329 e. The van der Waals surface area contributed by atoms with E-state index in [2.05, 4.69) is 21.2 Å². The molecule has 1 aromatic heterocycles. The molecule has 1 aliphatic rings. The van der Waals surface area contributed by atoms with Crippen LogP contribution in [0, 0.1) is 0 Å². The second-order valence-corrected chi connectivity index (χ2v) is 8.54. The number of hydrogen-bond acceptors (Lipinski definition) is 4. The molecule has 0 spiro atoms. The van der Waals surface area contributed by atoms with E-state index in [1.807, 2.05) is 30.3 Å². The molecule has 8 heteroatoms. The molecule has 4 rings (SSSR count). The van der Waals surface area contributed by atoms with Crippen molar-refractivity contribution in [3.63, 3.8) is 0 Å². The Balaban J connectivity index is 1.51. The first-order chi connectivity index (χ1) is 14.0. The normalized spacial score (nSPS) is 15.2. The number of halogens is 2. The van der Waals surface area contributed by atoms with Gasteiger partial charge in [0.2, 0.25) is 0 Å². The molecule has 1 aliphatic heterocycles. The van der Waals surface area contributed by atoms with E-state index in [1.165, 1.54) is 17.8 Å². The molecule has 0 atom stereocenters. The van der Waals surface area contributed by atoms with Gasteiger partial charge in [-0.15, -0.1) is 0 Å². The first kappa shape index (κ1) is 19.8. The number of nitrogens with one attached hydrogen (secondary N) is 1. The van der Waals surface area contributed by atoms with Gasteiger partial charge < -0.3 is 9.73 Å². The fraction of sp³-hybridized carbons (Fsp3) is 0.0476. The summed E-state index contributed by atoms with van der Waals surface area (Å²) in [6.07, 6.45) is 1.53. The number of urea groups is 1. The highest BCUT2D eigenvalue weighted by atomic mass is 79.9. The number of nitrogens with zero attached hydrogens (tertiary/aromatic N) is 1. The highest BCUT2D eigenvalue weighted by Crippen LogP contribution is 2.36. The molecule has 0 aliphatic carbocycles. The predicted octanol–water partition coefficient (Wildman–Crippen LogP) is 5.94. The molecule has 0 bridgehead atoms. The Morgan fingerprint density at radius 1 is 1.10 bits per heavy atom. The van der Waals surface area contributed by atoms with Crippen molar-refractivity contribution in [2.45, 2.75) is 16.5 Å². The van der Waals surface area contributed by atoms with E-state index < -0.39 is 11.9 Å². The molecular formula is C21H14BrClN2O3S. The maximum absolute atomic E-state index is 12.7. The molecule has 5 nitrogen and oxygen atoms in total. The van der Waals surface area contributed by atoms with Crippen LogP contribution < -0.4 is 5.32 Å². The molecule has 3 aromatic rings. The number of furan rings is 1. The lowest BCUT2D eigenvalue weighted by Crippen LogP contribution is -2.30. The van der Waals surface area contributed by atoms with Crippen LogP contribution in [0.25, 0.3) is 6.08 Å². The van der Waals surface area contributed by atoms with Crippen LogP contribution >= 0.6 is 39.3 Å². The summed E-state index contributed by atoms with van der Waals surface area (Å²) in [6.45, 7) is 0.163. The van der Waals surface area contributed by atoms with Crippen LogP contribution in [0.1, 0.15) is 11.3 Å². The first-order valence-electron chi connectivity index (χ1n) is 8.61. The number of amides is 3. The van der Waals surface area contributed by atoms with Crippen molar-refractivity contribution in [1.29, 1.82) is 0 Å². The van der Waals surface area contributed by atoms with Gasteiger partial charge in [-0.05, 0) is 51.8 Å². The summed E-state index contributed by atoms with van der Waals surface area (Å²) in [7, 11) is 0. The third-order valence-corrected chi connectivity index (χ3v) is 6.23. The minimum atomic E-state index is -0.472. The van der Waals surface area contributed by atoms with Gasteiger partial charge in [-0.3, -0.25) is 9.69 Å². The smallest absolute Gasteiger partial charge is 0.329 e. The summed E-state index contributed by atoms with van der Waals surface area (Å²) >= 11 is 10.8. The van der Waals surface area contributed by atoms with Crippen molar-refractivity contribution in [2.24, 2.45) is 0 Å². The summed E-state index contributed by atoms with van der Waals surface area (Å²) in [6, 6.07) is 18.1. The van der Waals surface area contributed by atoms with Crippen LogP contribution in [0.15, 0.2) is 85.2 Å². The average molecular weight is 490 g/mol.